The smallest absolute Gasteiger partial charge is 0.504 e. The van der Waals surface area contributed by atoms with E-state index in [2.05, 4.69) is 0 Å². The highest BCUT2D eigenvalue weighted by Gasteiger charge is 2.33. The van der Waals surface area contributed by atoms with Crippen molar-refractivity contribution in [2.75, 3.05) is 6.61 Å². The molecule has 0 saturated carbocycles. The summed E-state index contributed by atoms with van der Waals surface area (Å²) in [6, 6.07) is 1.69. The molecule has 0 aliphatic rings. The second-order valence-electron chi connectivity index (χ2n) is 8.10. The second-order valence-corrected chi connectivity index (χ2v) is 8.10. The van der Waals surface area contributed by atoms with Gasteiger partial charge in [0.1, 0.15) is 0 Å². The average molecular weight is 354 g/mol. The lowest BCUT2D eigenvalue weighted by Gasteiger charge is -2.29. The van der Waals surface area contributed by atoms with Gasteiger partial charge in [0.25, 0.3) is 0 Å². The molecule has 6 heteroatoms. The van der Waals surface area contributed by atoms with Gasteiger partial charge in [-0.1, -0.05) is 54.9 Å². The molecule has 0 aromatic heterocycles. The Labute approximate surface area is 149 Å². The van der Waals surface area contributed by atoms with Crippen LogP contribution in [0.15, 0.2) is 6.07 Å². The van der Waals surface area contributed by atoms with Crippen LogP contribution in [-0.2, 0) is 15.7 Å². The fraction of sp³-hybridized carbons (Fsp3) is 0.632. The van der Waals surface area contributed by atoms with Gasteiger partial charge in [-0.25, -0.2) is 4.79 Å². The van der Waals surface area contributed by atoms with E-state index in [1.807, 2.05) is 48.5 Å². The third-order valence-electron chi connectivity index (χ3n) is 3.70. The number of carboxylic acid groups (broad SMARTS) is 1. The Kier molecular flexibility index (Phi) is 6.71. The monoisotopic (exact) mass is 354 g/mol. The highest BCUT2D eigenvalue weighted by molar-refractivity contribution is 5.69. The zero-order chi connectivity index (χ0) is 19.4. The third kappa shape index (κ3) is 5.53. The number of benzene rings is 1. The zero-order valence-electron chi connectivity index (χ0n) is 16.2. The van der Waals surface area contributed by atoms with Crippen molar-refractivity contribution in [1.29, 1.82) is 0 Å². The standard InChI is InChI=1S/C19H30O6/c1-8-9-10-23-25-13-11-12(18(2,3)4)16(24-17(21)22)15(20)14(13)19(5,6)7/h11,20H,8-10H2,1-7H3,(H,21,22). The van der Waals surface area contributed by atoms with Crippen molar-refractivity contribution in [2.45, 2.75) is 72.1 Å². The normalized spacial score (nSPS) is 12.1. The Balaban J connectivity index is 3.53. The van der Waals surface area contributed by atoms with Crippen LogP contribution in [0.2, 0.25) is 0 Å². The lowest BCUT2D eigenvalue weighted by Crippen LogP contribution is -2.20. The van der Waals surface area contributed by atoms with Crippen LogP contribution in [0.3, 0.4) is 0 Å². The van der Waals surface area contributed by atoms with Crippen molar-refractivity contribution in [1.82, 2.24) is 0 Å². The van der Waals surface area contributed by atoms with Crippen LogP contribution in [0.4, 0.5) is 4.79 Å². The Morgan fingerprint density at radius 1 is 1.12 bits per heavy atom. The summed E-state index contributed by atoms with van der Waals surface area (Å²) in [7, 11) is 0. The van der Waals surface area contributed by atoms with E-state index in [0.717, 1.165) is 12.8 Å². The lowest BCUT2D eigenvalue weighted by atomic mass is 9.80. The molecule has 142 valence electrons. The predicted octanol–water partition coefficient (Wildman–Crippen LogP) is 5.15. The predicted molar refractivity (Wildman–Crippen MR) is 95.6 cm³/mol. The number of unbranched alkanes of at least 4 members (excludes halogenated alkanes) is 1. The van der Waals surface area contributed by atoms with E-state index in [4.69, 9.17) is 19.6 Å². The lowest BCUT2D eigenvalue weighted by molar-refractivity contribution is -0.208. The molecule has 0 fully saturated rings. The van der Waals surface area contributed by atoms with Crippen molar-refractivity contribution in [3.8, 4) is 17.2 Å². The number of phenols is 1. The van der Waals surface area contributed by atoms with Crippen LogP contribution in [0.1, 0.15) is 72.4 Å². The van der Waals surface area contributed by atoms with E-state index >= 15 is 0 Å². The molecular weight excluding hydrogens is 324 g/mol. The number of aromatic hydroxyl groups is 1. The molecule has 0 radical (unpaired) electrons. The van der Waals surface area contributed by atoms with E-state index in [-0.39, 0.29) is 11.5 Å². The molecule has 0 spiro atoms. The minimum absolute atomic E-state index is 0.0640. The average Bonchev–Trinajstić information content (AvgIpc) is 2.43. The van der Waals surface area contributed by atoms with Crippen LogP contribution in [0.25, 0.3) is 0 Å². The number of ether oxygens (including phenoxy) is 1. The minimum atomic E-state index is -1.48. The third-order valence-corrected chi connectivity index (χ3v) is 3.70. The fourth-order valence-corrected chi connectivity index (χ4v) is 2.47. The van der Waals surface area contributed by atoms with E-state index in [1.54, 1.807) is 6.07 Å². The first-order valence-electron chi connectivity index (χ1n) is 8.50. The molecule has 1 rings (SSSR count). The topological polar surface area (TPSA) is 85.2 Å². The largest absolute Gasteiger partial charge is 0.511 e. The van der Waals surface area contributed by atoms with Crippen LogP contribution >= 0.6 is 0 Å². The molecule has 0 heterocycles. The second kappa shape index (κ2) is 7.95. The molecule has 25 heavy (non-hydrogen) atoms. The summed E-state index contributed by atoms with van der Waals surface area (Å²) in [6.45, 7) is 13.8. The van der Waals surface area contributed by atoms with Gasteiger partial charge in [0.15, 0.2) is 17.2 Å². The van der Waals surface area contributed by atoms with Crippen molar-refractivity contribution in [3.63, 3.8) is 0 Å². The highest BCUT2D eigenvalue weighted by atomic mass is 17.2. The first kappa shape index (κ1) is 21.1. The SMILES string of the molecule is CCCCOOc1cc(C(C)(C)C)c(OC(=O)O)c(O)c1C(C)(C)C. The molecule has 0 aliphatic carbocycles. The molecule has 0 aliphatic heterocycles. The minimum Gasteiger partial charge on any atom is -0.504 e. The van der Waals surface area contributed by atoms with Gasteiger partial charge < -0.3 is 19.8 Å². The van der Waals surface area contributed by atoms with Gasteiger partial charge >= 0.3 is 6.16 Å². The molecule has 0 unspecified atom stereocenters. The first-order valence-corrected chi connectivity index (χ1v) is 8.50. The van der Waals surface area contributed by atoms with Crippen LogP contribution in [0, 0.1) is 0 Å². The Bertz CT molecular complexity index is 608. The molecule has 0 atom stereocenters. The Morgan fingerprint density at radius 2 is 1.72 bits per heavy atom. The molecule has 0 amide bonds. The van der Waals surface area contributed by atoms with E-state index in [0.29, 0.717) is 23.5 Å². The van der Waals surface area contributed by atoms with Gasteiger partial charge in [-0.3, -0.25) is 0 Å². The maximum atomic E-state index is 11.1. The summed E-state index contributed by atoms with van der Waals surface area (Å²) >= 11 is 0. The van der Waals surface area contributed by atoms with Crippen molar-refractivity contribution in [2.24, 2.45) is 0 Å². The maximum absolute atomic E-state index is 11.1. The van der Waals surface area contributed by atoms with Gasteiger partial charge in [0.05, 0.1) is 6.61 Å². The number of hydrogen-bond donors (Lipinski definition) is 2. The van der Waals surface area contributed by atoms with E-state index in [9.17, 15) is 9.90 Å². The Hall–Kier alpha value is -1.95. The number of phenolic OH excluding ortho intramolecular Hbond substituents is 1. The zero-order valence-corrected chi connectivity index (χ0v) is 16.2. The molecular formula is C19H30O6. The summed E-state index contributed by atoms with van der Waals surface area (Å²) in [5.74, 6) is 0.0611. The maximum Gasteiger partial charge on any atom is 0.511 e. The molecule has 0 saturated heterocycles. The van der Waals surface area contributed by atoms with Crippen LogP contribution in [0.5, 0.6) is 17.2 Å². The summed E-state index contributed by atoms with van der Waals surface area (Å²) in [5.41, 5.74) is -0.0245. The summed E-state index contributed by atoms with van der Waals surface area (Å²) in [4.78, 5) is 21.9. The number of carbonyl (C=O) groups is 1. The van der Waals surface area contributed by atoms with Crippen molar-refractivity contribution in [3.05, 3.63) is 17.2 Å². The number of hydrogen-bond acceptors (Lipinski definition) is 5. The number of rotatable bonds is 6. The van der Waals surface area contributed by atoms with Gasteiger partial charge in [0.2, 0.25) is 0 Å². The molecule has 0 bridgehead atoms. The summed E-state index contributed by atoms with van der Waals surface area (Å²) < 4.78 is 4.91. The summed E-state index contributed by atoms with van der Waals surface area (Å²) in [5, 5.41) is 19.8. The van der Waals surface area contributed by atoms with E-state index < -0.39 is 17.0 Å². The van der Waals surface area contributed by atoms with Crippen molar-refractivity contribution >= 4 is 6.16 Å². The van der Waals surface area contributed by atoms with Crippen LogP contribution < -0.4 is 9.62 Å². The summed E-state index contributed by atoms with van der Waals surface area (Å²) in [6.07, 6.45) is 0.344. The van der Waals surface area contributed by atoms with Gasteiger partial charge in [-0.2, -0.15) is 4.89 Å². The van der Waals surface area contributed by atoms with E-state index in [1.165, 1.54) is 0 Å². The Morgan fingerprint density at radius 3 is 2.16 bits per heavy atom. The molecule has 6 nitrogen and oxygen atoms in total. The first-order chi connectivity index (χ1) is 11.4. The molecule has 1 aromatic carbocycles. The van der Waals surface area contributed by atoms with Crippen molar-refractivity contribution < 1.29 is 29.5 Å². The van der Waals surface area contributed by atoms with Gasteiger partial charge in [0, 0.05) is 11.1 Å². The molecule has 1 aromatic rings. The van der Waals surface area contributed by atoms with Crippen LogP contribution in [-0.4, -0.2) is 23.0 Å². The highest BCUT2D eigenvalue weighted by Crippen LogP contribution is 2.49. The van der Waals surface area contributed by atoms with Gasteiger partial charge in [-0.15, -0.1) is 0 Å². The fourth-order valence-electron chi connectivity index (χ4n) is 2.47. The van der Waals surface area contributed by atoms with Gasteiger partial charge in [-0.05, 0) is 23.3 Å². The molecule has 2 N–H and O–H groups in total. The quantitative estimate of drug-likeness (QED) is 0.241.